The SMILES string of the molecule is CC(C)(C)S(=O)(=O)CCOc1cnc2ccccc2c1. The van der Waals surface area contributed by atoms with Crippen LogP contribution in [0.4, 0.5) is 0 Å². The van der Waals surface area contributed by atoms with Crippen molar-refractivity contribution in [2.45, 2.75) is 25.5 Å². The lowest BCUT2D eigenvalue weighted by atomic mass is 10.2. The maximum Gasteiger partial charge on any atom is 0.158 e. The Bertz CT molecular complexity index is 702. The Hall–Kier alpha value is -1.62. The molecule has 0 saturated carbocycles. The summed E-state index contributed by atoms with van der Waals surface area (Å²) in [7, 11) is -3.16. The van der Waals surface area contributed by atoms with E-state index in [2.05, 4.69) is 4.98 Å². The highest BCUT2D eigenvalue weighted by atomic mass is 32.2. The summed E-state index contributed by atoms with van der Waals surface area (Å²) in [5, 5.41) is 0.976. The Kier molecular flexibility index (Phi) is 3.99. The third-order valence-corrected chi connectivity index (χ3v) is 5.69. The molecule has 20 heavy (non-hydrogen) atoms. The molecular weight excluding hydrogens is 274 g/mol. The number of benzene rings is 1. The van der Waals surface area contributed by atoms with Crippen LogP contribution in [0.5, 0.6) is 5.75 Å². The van der Waals surface area contributed by atoms with Crippen molar-refractivity contribution in [3.8, 4) is 5.75 Å². The van der Waals surface area contributed by atoms with Crippen molar-refractivity contribution < 1.29 is 13.2 Å². The summed E-state index contributed by atoms with van der Waals surface area (Å²) in [6.07, 6.45) is 1.62. The van der Waals surface area contributed by atoms with Gasteiger partial charge in [0.05, 0.1) is 22.2 Å². The van der Waals surface area contributed by atoms with Crippen LogP contribution in [0.25, 0.3) is 10.9 Å². The summed E-state index contributed by atoms with van der Waals surface area (Å²) in [5.41, 5.74) is 0.891. The lowest BCUT2D eigenvalue weighted by Gasteiger charge is -2.19. The van der Waals surface area contributed by atoms with Gasteiger partial charge in [-0.25, -0.2) is 8.42 Å². The third kappa shape index (κ3) is 3.28. The molecule has 0 unspecified atom stereocenters. The van der Waals surface area contributed by atoms with E-state index in [-0.39, 0.29) is 12.4 Å². The molecule has 1 aromatic carbocycles. The van der Waals surface area contributed by atoms with E-state index in [1.807, 2.05) is 30.3 Å². The van der Waals surface area contributed by atoms with Crippen LogP contribution in [0.15, 0.2) is 36.5 Å². The fraction of sp³-hybridized carbons (Fsp3) is 0.400. The van der Waals surface area contributed by atoms with Crippen LogP contribution in [-0.2, 0) is 9.84 Å². The molecule has 5 heteroatoms. The van der Waals surface area contributed by atoms with Crippen molar-refractivity contribution in [1.82, 2.24) is 4.98 Å². The molecule has 1 aromatic heterocycles. The molecule has 0 saturated heterocycles. The van der Waals surface area contributed by atoms with Gasteiger partial charge in [-0.1, -0.05) is 18.2 Å². The van der Waals surface area contributed by atoms with Gasteiger partial charge < -0.3 is 4.74 Å². The second-order valence-corrected chi connectivity index (χ2v) is 8.51. The maximum atomic E-state index is 12.0. The Morgan fingerprint density at radius 1 is 1.20 bits per heavy atom. The standard InChI is InChI=1S/C15H19NO3S/c1-15(2,3)20(17,18)9-8-19-13-10-12-6-4-5-7-14(12)16-11-13/h4-7,10-11H,8-9H2,1-3H3. The van der Waals surface area contributed by atoms with Crippen LogP contribution in [-0.4, -0.2) is 30.5 Å². The summed E-state index contributed by atoms with van der Waals surface area (Å²) in [6.45, 7) is 5.22. The zero-order chi connectivity index (χ0) is 14.8. The van der Waals surface area contributed by atoms with Gasteiger partial charge in [-0.3, -0.25) is 4.98 Å². The van der Waals surface area contributed by atoms with Crippen molar-refractivity contribution in [2.75, 3.05) is 12.4 Å². The van der Waals surface area contributed by atoms with Gasteiger partial charge in [0.25, 0.3) is 0 Å². The molecule has 4 nitrogen and oxygen atoms in total. The number of pyridine rings is 1. The van der Waals surface area contributed by atoms with E-state index in [0.29, 0.717) is 5.75 Å². The van der Waals surface area contributed by atoms with Gasteiger partial charge in [0.15, 0.2) is 9.84 Å². The molecule has 108 valence electrons. The molecule has 1 heterocycles. The highest BCUT2D eigenvalue weighted by Crippen LogP contribution is 2.19. The number of aromatic nitrogens is 1. The summed E-state index contributed by atoms with van der Waals surface area (Å²) < 4.78 is 28.7. The zero-order valence-electron chi connectivity index (χ0n) is 12.0. The number of para-hydroxylation sites is 1. The Labute approximate surface area is 119 Å². The maximum absolute atomic E-state index is 12.0. The highest BCUT2D eigenvalue weighted by Gasteiger charge is 2.28. The van der Waals surface area contributed by atoms with Crippen LogP contribution in [0, 0.1) is 0 Å². The van der Waals surface area contributed by atoms with E-state index >= 15 is 0 Å². The average molecular weight is 293 g/mol. The van der Waals surface area contributed by atoms with E-state index < -0.39 is 14.6 Å². The van der Waals surface area contributed by atoms with E-state index in [1.165, 1.54) is 0 Å². The average Bonchev–Trinajstić information content (AvgIpc) is 2.37. The van der Waals surface area contributed by atoms with Crippen LogP contribution >= 0.6 is 0 Å². The number of ether oxygens (including phenoxy) is 1. The molecule has 0 atom stereocenters. The largest absolute Gasteiger partial charge is 0.491 e. The number of hydrogen-bond donors (Lipinski definition) is 0. The number of rotatable bonds is 4. The molecular formula is C15H19NO3S. The molecule has 0 amide bonds. The monoisotopic (exact) mass is 293 g/mol. The van der Waals surface area contributed by atoms with Crippen LogP contribution in [0.1, 0.15) is 20.8 Å². The highest BCUT2D eigenvalue weighted by molar-refractivity contribution is 7.92. The second kappa shape index (κ2) is 5.40. The topological polar surface area (TPSA) is 56.3 Å². The number of fused-ring (bicyclic) bond motifs is 1. The molecule has 0 spiro atoms. The lowest BCUT2D eigenvalue weighted by molar-refractivity contribution is 0.339. The van der Waals surface area contributed by atoms with Gasteiger partial charge in [-0.2, -0.15) is 0 Å². The minimum Gasteiger partial charge on any atom is -0.491 e. The molecule has 0 radical (unpaired) electrons. The Morgan fingerprint density at radius 3 is 2.60 bits per heavy atom. The van der Waals surface area contributed by atoms with E-state index in [4.69, 9.17) is 4.74 Å². The zero-order valence-corrected chi connectivity index (χ0v) is 12.8. The number of nitrogens with zero attached hydrogens (tertiary/aromatic N) is 1. The first-order valence-electron chi connectivity index (χ1n) is 6.49. The lowest BCUT2D eigenvalue weighted by Crippen LogP contribution is -2.32. The molecule has 2 rings (SSSR count). The van der Waals surface area contributed by atoms with Crippen molar-refractivity contribution >= 4 is 20.7 Å². The van der Waals surface area contributed by atoms with Crippen LogP contribution in [0.2, 0.25) is 0 Å². The van der Waals surface area contributed by atoms with Crippen LogP contribution in [0.3, 0.4) is 0 Å². The van der Waals surface area contributed by atoms with Crippen molar-refractivity contribution in [1.29, 1.82) is 0 Å². The predicted molar refractivity (Wildman–Crippen MR) is 80.8 cm³/mol. The second-order valence-electron chi connectivity index (χ2n) is 5.64. The molecule has 2 aromatic rings. The van der Waals surface area contributed by atoms with E-state index in [0.717, 1.165) is 10.9 Å². The smallest absolute Gasteiger partial charge is 0.158 e. The van der Waals surface area contributed by atoms with E-state index in [1.54, 1.807) is 27.0 Å². The molecule has 0 bridgehead atoms. The molecule has 0 fully saturated rings. The van der Waals surface area contributed by atoms with Crippen LogP contribution < -0.4 is 4.74 Å². The van der Waals surface area contributed by atoms with Crippen molar-refractivity contribution in [3.63, 3.8) is 0 Å². The normalized spacial score (nSPS) is 12.6. The summed E-state index contributed by atoms with van der Waals surface area (Å²) in [6, 6.07) is 9.58. The van der Waals surface area contributed by atoms with Gasteiger partial charge in [0.1, 0.15) is 12.4 Å². The Morgan fingerprint density at radius 2 is 1.90 bits per heavy atom. The fourth-order valence-electron chi connectivity index (χ4n) is 1.71. The quantitative estimate of drug-likeness (QED) is 0.870. The third-order valence-electron chi connectivity index (χ3n) is 3.12. The Balaban J connectivity index is 2.03. The van der Waals surface area contributed by atoms with Gasteiger partial charge in [-0.05, 0) is 32.9 Å². The summed E-state index contributed by atoms with van der Waals surface area (Å²) >= 11 is 0. The molecule has 0 N–H and O–H groups in total. The van der Waals surface area contributed by atoms with Gasteiger partial charge in [0, 0.05) is 5.39 Å². The van der Waals surface area contributed by atoms with Gasteiger partial charge >= 0.3 is 0 Å². The van der Waals surface area contributed by atoms with E-state index in [9.17, 15) is 8.42 Å². The molecule has 0 aliphatic rings. The van der Waals surface area contributed by atoms with Gasteiger partial charge in [-0.15, -0.1) is 0 Å². The van der Waals surface area contributed by atoms with Crippen molar-refractivity contribution in [3.05, 3.63) is 36.5 Å². The number of hydrogen-bond acceptors (Lipinski definition) is 4. The minimum absolute atomic E-state index is 0.00330. The summed E-state index contributed by atoms with van der Waals surface area (Å²) in [4.78, 5) is 4.27. The first kappa shape index (κ1) is 14.8. The molecule has 0 aliphatic heterocycles. The minimum atomic E-state index is -3.16. The summed E-state index contributed by atoms with van der Waals surface area (Å²) in [5.74, 6) is 0.594. The fourth-order valence-corrected chi connectivity index (χ4v) is 2.62. The van der Waals surface area contributed by atoms with Gasteiger partial charge in [0.2, 0.25) is 0 Å². The first-order valence-corrected chi connectivity index (χ1v) is 8.15. The number of sulfone groups is 1. The van der Waals surface area contributed by atoms with Crippen molar-refractivity contribution in [2.24, 2.45) is 0 Å². The first-order chi connectivity index (χ1) is 9.29. The predicted octanol–water partition coefficient (Wildman–Crippen LogP) is 2.83. The molecule has 0 aliphatic carbocycles.